The topological polar surface area (TPSA) is 105 Å². The molecule has 2 aliphatic heterocycles. The van der Waals surface area contributed by atoms with Gasteiger partial charge in [0.25, 0.3) is 0 Å². The van der Waals surface area contributed by atoms with Gasteiger partial charge in [-0.05, 0) is 25.8 Å². The van der Waals surface area contributed by atoms with Gasteiger partial charge in [-0.25, -0.2) is 0 Å². The van der Waals surface area contributed by atoms with Crippen molar-refractivity contribution in [3.63, 3.8) is 0 Å². The summed E-state index contributed by atoms with van der Waals surface area (Å²) in [5.74, 6) is -0.889. The van der Waals surface area contributed by atoms with Gasteiger partial charge in [0.05, 0.1) is 12.6 Å². The highest BCUT2D eigenvalue weighted by atomic mass is 16.2. The number of nitrogens with two attached hydrogens (primary N) is 1. The lowest BCUT2D eigenvalue weighted by molar-refractivity contribution is -0.135. The van der Waals surface area contributed by atoms with E-state index >= 15 is 0 Å². The zero-order valence-electron chi connectivity index (χ0n) is 10.1. The minimum Gasteiger partial charge on any atom is -0.368 e. The molecule has 0 spiro atoms. The van der Waals surface area contributed by atoms with Crippen molar-refractivity contribution >= 4 is 17.7 Å². The molecule has 18 heavy (non-hydrogen) atoms. The Morgan fingerprint density at radius 1 is 1.44 bits per heavy atom. The van der Waals surface area contributed by atoms with E-state index in [1.165, 1.54) is 4.90 Å². The van der Waals surface area contributed by atoms with E-state index in [4.69, 9.17) is 5.73 Å². The summed E-state index contributed by atoms with van der Waals surface area (Å²) < 4.78 is 0. The molecule has 2 rings (SSSR count). The van der Waals surface area contributed by atoms with Crippen LogP contribution in [0.2, 0.25) is 0 Å². The normalized spacial score (nSPS) is 27.6. The van der Waals surface area contributed by atoms with E-state index in [9.17, 15) is 14.4 Å². The first-order valence-electron chi connectivity index (χ1n) is 6.19. The molecular formula is C11H18N4O3. The van der Waals surface area contributed by atoms with Crippen molar-refractivity contribution in [1.82, 2.24) is 15.5 Å². The molecule has 0 radical (unpaired) electrons. The molecule has 7 heteroatoms. The summed E-state index contributed by atoms with van der Waals surface area (Å²) >= 11 is 0. The predicted octanol–water partition coefficient (Wildman–Crippen LogP) is -2.06. The first-order valence-corrected chi connectivity index (χ1v) is 6.19. The highest BCUT2D eigenvalue weighted by Gasteiger charge is 2.35. The van der Waals surface area contributed by atoms with Crippen LogP contribution in [0, 0.1) is 0 Å². The largest absolute Gasteiger partial charge is 0.368 e. The third-order valence-corrected chi connectivity index (χ3v) is 3.34. The van der Waals surface area contributed by atoms with Crippen LogP contribution in [0.15, 0.2) is 0 Å². The van der Waals surface area contributed by atoms with Crippen molar-refractivity contribution in [2.45, 2.75) is 31.3 Å². The minimum absolute atomic E-state index is 0.0765. The maximum Gasteiger partial charge on any atom is 0.245 e. The average molecular weight is 254 g/mol. The average Bonchev–Trinajstić information content (AvgIpc) is 2.93. The van der Waals surface area contributed by atoms with E-state index in [1.54, 1.807) is 0 Å². The molecule has 0 unspecified atom stereocenters. The van der Waals surface area contributed by atoms with Crippen molar-refractivity contribution in [1.29, 1.82) is 0 Å². The van der Waals surface area contributed by atoms with E-state index in [0.29, 0.717) is 13.0 Å². The van der Waals surface area contributed by atoms with Crippen LogP contribution in [-0.4, -0.2) is 54.3 Å². The van der Waals surface area contributed by atoms with Gasteiger partial charge in [-0.1, -0.05) is 0 Å². The Kier molecular flexibility index (Phi) is 3.81. The number of likely N-dealkylation sites (tertiary alicyclic amines) is 1. The molecule has 0 bridgehead atoms. The fraction of sp³-hybridized carbons (Fsp3) is 0.727. The third kappa shape index (κ3) is 2.79. The van der Waals surface area contributed by atoms with Crippen LogP contribution < -0.4 is 16.4 Å². The molecule has 0 aromatic heterocycles. The SMILES string of the molecule is NC(=O)CN1CC[C@@H](NC(=O)[C@@H]2CCCN2)C1=O. The second-order valence-corrected chi connectivity index (χ2v) is 4.72. The molecule has 0 aromatic carbocycles. The van der Waals surface area contributed by atoms with Gasteiger partial charge in [-0.3, -0.25) is 14.4 Å². The van der Waals surface area contributed by atoms with Crippen LogP contribution in [0.5, 0.6) is 0 Å². The number of carbonyl (C=O) groups is 3. The van der Waals surface area contributed by atoms with Gasteiger partial charge in [0.15, 0.2) is 0 Å². The molecule has 7 nitrogen and oxygen atoms in total. The second-order valence-electron chi connectivity index (χ2n) is 4.72. The summed E-state index contributed by atoms with van der Waals surface area (Å²) in [6.07, 6.45) is 2.31. The van der Waals surface area contributed by atoms with E-state index in [0.717, 1.165) is 19.4 Å². The molecule has 2 fully saturated rings. The molecule has 0 saturated carbocycles. The summed E-state index contributed by atoms with van der Waals surface area (Å²) in [5.41, 5.74) is 5.05. The highest BCUT2D eigenvalue weighted by Crippen LogP contribution is 2.12. The maximum absolute atomic E-state index is 11.9. The van der Waals surface area contributed by atoms with E-state index in [2.05, 4.69) is 10.6 Å². The Morgan fingerprint density at radius 2 is 2.22 bits per heavy atom. The fourth-order valence-electron chi connectivity index (χ4n) is 2.40. The number of rotatable bonds is 4. The molecule has 2 heterocycles. The Balaban J connectivity index is 1.85. The number of nitrogens with one attached hydrogen (secondary N) is 2. The summed E-state index contributed by atoms with van der Waals surface area (Å²) in [6, 6.07) is -0.706. The first-order chi connectivity index (χ1) is 8.58. The summed E-state index contributed by atoms with van der Waals surface area (Å²) in [6.45, 7) is 1.22. The molecule has 3 amide bonds. The smallest absolute Gasteiger partial charge is 0.245 e. The van der Waals surface area contributed by atoms with Crippen molar-refractivity contribution in [3.05, 3.63) is 0 Å². The van der Waals surface area contributed by atoms with Crippen LogP contribution >= 0.6 is 0 Å². The fourth-order valence-corrected chi connectivity index (χ4v) is 2.40. The van der Waals surface area contributed by atoms with Crippen LogP contribution in [0.3, 0.4) is 0 Å². The monoisotopic (exact) mass is 254 g/mol. The van der Waals surface area contributed by atoms with Crippen LogP contribution in [0.25, 0.3) is 0 Å². The highest BCUT2D eigenvalue weighted by molar-refractivity contribution is 5.93. The van der Waals surface area contributed by atoms with Gasteiger partial charge in [0.1, 0.15) is 6.04 Å². The summed E-state index contributed by atoms with van der Waals surface area (Å²) in [7, 11) is 0. The van der Waals surface area contributed by atoms with Crippen LogP contribution in [0.4, 0.5) is 0 Å². The van der Waals surface area contributed by atoms with Gasteiger partial charge in [-0.2, -0.15) is 0 Å². The predicted molar refractivity (Wildman–Crippen MR) is 63.3 cm³/mol. The second kappa shape index (κ2) is 5.34. The Labute approximate surface area is 105 Å². The zero-order chi connectivity index (χ0) is 13.1. The van der Waals surface area contributed by atoms with Crippen LogP contribution in [0.1, 0.15) is 19.3 Å². The van der Waals surface area contributed by atoms with E-state index in [1.807, 2.05) is 0 Å². The molecule has 100 valence electrons. The van der Waals surface area contributed by atoms with Gasteiger partial charge in [0, 0.05) is 6.54 Å². The molecule has 2 aliphatic rings. The zero-order valence-corrected chi connectivity index (χ0v) is 10.1. The first kappa shape index (κ1) is 12.8. The van der Waals surface area contributed by atoms with Crippen molar-refractivity contribution in [3.8, 4) is 0 Å². The summed E-state index contributed by atoms with van der Waals surface area (Å²) in [5, 5.41) is 5.81. The number of hydrogen-bond acceptors (Lipinski definition) is 4. The molecule has 0 aromatic rings. The Morgan fingerprint density at radius 3 is 2.83 bits per heavy atom. The van der Waals surface area contributed by atoms with Gasteiger partial charge >= 0.3 is 0 Å². The Hall–Kier alpha value is -1.63. The standard InChI is InChI=1S/C11H18N4O3/c12-9(16)6-15-5-3-8(11(15)18)14-10(17)7-2-1-4-13-7/h7-8,13H,1-6H2,(H2,12,16)(H,14,17)/t7-,8+/m0/s1. The van der Waals surface area contributed by atoms with Crippen molar-refractivity contribution in [2.75, 3.05) is 19.6 Å². The van der Waals surface area contributed by atoms with Gasteiger partial charge in [-0.15, -0.1) is 0 Å². The van der Waals surface area contributed by atoms with Crippen LogP contribution in [-0.2, 0) is 14.4 Å². The number of amides is 3. The molecule has 2 saturated heterocycles. The van der Waals surface area contributed by atoms with Crippen molar-refractivity contribution < 1.29 is 14.4 Å². The number of primary amides is 1. The third-order valence-electron chi connectivity index (χ3n) is 3.34. The minimum atomic E-state index is -0.534. The summed E-state index contributed by atoms with van der Waals surface area (Å²) in [4.78, 5) is 35.9. The number of hydrogen-bond donors (Lipinski definition) is 3. The maximum atomic E-state index is 11.9. The van der Waals surface area contributed by atoms with Gasteiger partial charge < -0.3 is 21.3 Å². The van der Waals surface area contributed by atoms with Gasteiger partial charge in [0.2, 0.25) is 17.7 Å². The lowest BCUT2D eigenvalue weighted by Gasteiger charge is -2.17. The molecule has 0 aliphatic carbocycles. The molecule has 4 N–H and O–H groups in total. The van der Waals surface area contributed by atoms with E-state index in [-0.39, 0.29) is 24.4 Å². The molecule has 2 atom stereocenters. The number of nitrogens with zero attached hydrogens (tertiary/aromatic N) is 1. The lowest BCUT2D eigenvalue weighted by atomic mass is 10.2. The van der Waals surface area contributed by atoms with Crippen molar-refractivity contribution in [2.24, 2.45) is 5.73 Å². The lowest BCUT2D eigenvalue weighted by Crippen LogP contribution is -2.48. The number of carbonyl (C=O) groups excluding carboxylic acids is 3. The Bertz CT molecular complexity index is 365. The van der Waals surface area contributed by atoms with E-state index < -0.39 is 11.9 Å². The molecular weight excluding hydrogens is 236 g/mol. The quantitative estimate of drug-likeness (QED) is 0.536.